The van der Waals surface area contributed by atoms with Gasteiger partial charge in [-0.1, -0.05) is 70.9 Å². The SMILES string of the molecule is CC(O)C1NC(=O)[C@@H](NC(=O)OCC2c3ccccc3-c3ccccc32)CC(O)C(O)NC(=O)C2C(O)C(C)CN2C(=O)C(C(O)CC(N)=O)NC(=O)C(C(O)C(O)c2ccc(O)c(OSOOO)c2)NC(=O)C2CC(O)CN2C1=O. The molecule has 440 valence electrons. The number of amides is 8. The Labute approximate surface area is 464 Å². The lowest BCUT2D eigenvalue weighted by Crippen LogP contribution is -2.64. The summed E-state index contributed by atoms with van der Waals surface area (Å²) in [5.74, 6) is -12.2. The predicted molar refractivity (Wildman–Crippen MR) is 273 cm³/mol. The zero-order chi connectivity index (χ0) is 59.1. The number of benzene rings is 3. The van der Waals surface area contributed by atoms with Crippen LogP contribution in [0.2, 0.25) is 0 Å². The molecule has 8 amide bonds. The van der Waals surface area contributed by atoms with E-state index < -0.39 is 188 Å². The standard InChI is InChI=1S/C50H62N8O22S/c1-20-17-58-39(40(20)65)47(72)56-45(70)33(63)15-29(52-50(75)77-19-28-26-9-5-3-7-24(26)25-8-4-6-10-27(25)28)43(68)53-36(21(2)59)48(73)57-18-23(60)14-30(57)44(69)55-38(46(71)54-37(49(58)74)32(62)16-35(51)64)42(67)41(66)22-11-12-31(61)34(13-22)78-81-80-79-76/h3-13,20-21,23,28-30,32-33,36-42,45,59-63,65-67,70,76H,14-19H2,1-2H3,(H2,51,64)(H,52,75)(H,53,68)(H,54,71)(H,55,69)(H,56,72)/t20?,21?,23?,29-,30?,32?,33?,36?,37?,38?,39?,40?,41?,42?,45?/m0/s1. The highest BCUT2D eigenvalue weighted by Gasteiger charge is 2.51. The fraction of sp³-hybridized carbons (Fsp3) is 0.480. The monoisotopic (exact) mass is 1160 g/mol. The summed E-state index contributed by atoms with van der Waals surface area (Å²) in [6.07, 6.45) is -20.9. The summed E-state index contributed by atoms with van der Waals surface area (Å²) in [6.45, 7) is 0.926. The zero-order valence-corrected chi connectivity index (χ0v) is 43.9. The van der Waals surface area contributed by atoms with Crippen molar-refractivity contribution in [3.8, 4) is 22.6 Å². The largest absolute Gasteiger partial charge is 0.504 e. The molecule has 0 spiro atoms. The van der Waals surface area contributed by atoms with Gasteiger partial charge in [-0.2, -0.15) is 0 Å². The van der Waals surface area contributed by atoms with E-state index in [4.69, 9.17) is 19.9 Å². The molecule has 0 bridgehead atoms. The van der Waals surface area contributed by atoms with E-state index in [0.29, 0.717) is 9.80 Å². The van der Waals surface area contributed by atoms with Crippen LogP contribution < -0.4 is 36.5 Å². The molecule has 3 heterocycles. The highest BCUT2D eigenvalue weighted by Crippen LogP contribution is 2.44. The Morgan fingerprint density at radius 2 is 1.40 bits per heavy atom. The van der Waals surface area contributed by atoms with E-state index in [1.807, 2.05) is 41.7 Å². The summed E-state index contributed by atoms with van der Waals surface area (Å²) in [5, 5.41) is 124. The molecule has 31 heteroatoms. The van der Waals surface area contributed by atoms with Crippen molar-refractivity contribution in [2.24, 2.45) is 11.7 Å². The second kappa shape index (κ2) is 26.5. The molecule has 14 unspecified atom stereocenters. The van der Waals surface area contributed by atoms with E-state index in [2.05, 4.69) is 30.6 Å². The van der Waals surface area contributed by atoms with E-state index in [9.17, 15) is 84.3 Å². The number of nitrogens with one attached hydrogen (secondary N) is 5. The Balaban J connectivity index is 1.25. The maximum atomic E-state index is 14.6. The average molecular weight is 1160 g/mol. The minimum absolute atomic E-state index is 0.0346. The molecule has 7 rings (SSSR count). The zero-order valence-electron chi connectivity index (χ0n) is 43.1. The van der Waals surface area contributed by atoms with Crippen LogP contribution in [0.15, 0.2) is 66.7 Å². The van der Waals surface area contributed by atoms with Crippen LogP contribution in [0.3, 0.4) is 0 Å². The Kier molecular flexibility index (Phi) is 20.1. The van der Waals surface area contributed by atoms with Crippen molar-refractivity contribution < 1.29 is 108 Å². The predicted octanol–water partition coefficient (Wildman–Crippen LogP) is -4.50. The van der Waals surface area contributed by atoms with E-state index in [1.165, 1.54) is 6.92 Å². The number of nitrogens with zero attached hydrogens (tertiary/aromatic N) is 2. The van der Waals surface area contributed by atoms with Crippen molar-refractivity contribution >= 4 is 59.8 Å². The van der Waals surface area contributed by atoms with Gasteiger partial charge in [-0.15, -0.1) is 0 Å². The fourth-order valence-electron chi connectivity index (χ4n) is 10.2. The minimum atomic E-state index is -2.55. The molecular weight excluding hydrogens is 1100 g/mol. The van der Waals surface area contributed by atoms with Crippen molar-refractivity contribution in [1.82, 2.24) is 36.4 Å². The van der Waals surface area contributed by atoms with Gasteiger partial charge in [0.05, 0.1) is 30.8 Å². The number of nitrogens with two attached hydrogens (primary N) is 1. The second-order valence-corrected chi connectivity index (χ2v) is 20.4. The van der Waals surface area contributed by atoms with Crippen LogP contribution in [-0.2, 0) is 47.7 Å². The normalized spacial score (nSPS) is 28.3. The van der Waals surface area contributed by atoms with Crippen LogP contribution >= 0.6 is 12.3 Å². The van der Waals surface area contributed by atoms with Crippen molar-refractivity contribution in [2.75, 3.05) is 19.7 Å². The van der Waals surface area contributed by atoms with Crippen molar-refractivity contribution in [2.45, 2.75) is 124 Å². The number of aliphatic hydroxyl groups excluding tert-OH is 8. The van der Waals surface area contributed by atoms with E-state index in [1.54, 1.807) is 12.1 Å². The number of fused-ring (bicyclic) bond motifs is 5. The number of aromatic hydroxyl groups is 1. The number of phenols is 1. The third kappa shape index (κ3) is 13.9. The Hall–Kier alpha value is -7.27. The van der Waals surface area contributed by atoms with Gasteiger partial charge in [-0.25, -0.2) is 10.1 Å². The molecule has 3 saturated heterocycles. The number of phenolic OH excluding ortho intramolecular Hbond substituents is 1. The third-order valence-corrected chi connectivity index (χ3v) is 14.7. The van der Waals surface area contributed by atoms with Crippen molar-refractivity contribution in [3.05, 3.63) is 83.4 Å². The summed E-state index contributed by atoms with van der Waals surface area (Å²) in [5.41, 5.74) is 8.39. The highest BCUT2D eigenvalue weighted by molar-refractivity contribution is 7.90. The van der Waals surface area contributed by atoms with Crippen LogP contribution in [0, 0.1) is 5.92 Å². The number of aliphatic hydroxyl groups is 8. The van der Waals surface area contributed by atoms with Gasteiger partial charge in [0.15, 0.2) is 17.7 Å². The molecule has 81 heavy (non-hydrogen) atoms. The maximum absolute atomic E-state index is 14.6. The van der Waals surface area contributed by atoms with Crippen LogP contribution in [-0.4, -0.2) is 207 Å². The van der Waals surface area contributed by atoms with Crippen LogP contribution in [0.4, 0.5) is 4.79 Å². The number of ether oxygens (including phenoxy) is 1. The molecule has 17 N–H and O–H groups in total. The summed E-state index contributed by atoms with van der Waals surface area (Å²) >= 11 is -0.0346. The number of primary amides is 1. The van der Waals surface area contributed by atoms with Gasteiger partial charge < -0.3 is 97.0 Å². The Bertz CT molecular complexity index is 2790. The van der Waals surface area contributed by atoms with Gasteiger partial charge in [0.2, 0.25) is 41.4 Å². The number of rotatable bonds is 14. The molecule has 3 aromatic carbocycles. The first kappa shape index (κ1) is 61.4. The third-order valence-electron chi connectivity index (χ3n) is 14.4. The fourth-order valence-corrected chi connectivity index (χ4v) is 10.5. The number of carbonyl (C=O) groups excluding carboxylic acids is 8. The van der Waals surface area contributed by atoms with Gasteiger partial charge in [-0.3, -0.25) is 33.6 Å². The first-order valence-corrected chi connectivity index (χ1v) is 25.9. The smallest absolute Gasteiger partial charge is 0.407 e. The van der Waals surface area contributed by atoms with Crippen LogP contribution in [0.1, 0.15) is 61.8 Å². The highest BCUT2D eigenvalue weighted by atomic mass is 32.2. The molecule has 0 radical (unpaired) electrons. The summed E-state index contributed by atoms with van der Waals surface area (Å²) < 4.78 is 14.8. The lowest BCUT2D eigenvalue weighted by atomic mass is 9.96. The molecule has 0 aromatic heterocycles. The molecule has 3 fully saturated rings. The molecule has 0 saturated carbocycles. The lowest BCUT2D eigenvalue weighted by molar-refractivity contribution is -0.433. The first-order valence-electron chi connectivity index (χ1n) is 25.2. The van der Waals surface area contributed by atoms with Gasteiger partial charge in [0, 0.05) is 37.8 Å². The molecule has 3 aromatic rings. The quantitative estimate of drug-likeness (QED) is 0.0313. The molecular formula is C50H62N8O22S. The maximum Gasteiger partial charge on any atom is 0.407 e. The number of hydrogen-bond acceptors (Lipinski definition) is 23. The van der Waals surface area contributed by atoms with Crippen molar-refractivity contribution in [1.29, 1.82) is 0 Å². The molecule has 3 aliphatic heterocycles. The summed E-state index contributed by atoms with van der Waals surface area (Å²) in [7, 11) is 0. The van der Waals surface area contributed by atoms with Gasteiger partial charge in [0.25, 0.3) is 12.3 Å². The number of alkyl carbamates (subject to hydrolysis) is 1. The lowest BCUT2D eigenvalue weighted by Gasteiger charge is -2.34. The molecule has 15 atom stereocenters. The summed E-state index contributed by atoms with van der Waals surface area (Å²) in [6, 6.07) is 4.76. The van der Waals surface area contributed by atoms with Crippen molar-refractivity contribution in [3.63, 3.8) is 0 Å². The second-order valence-electron chi connectivity index (χ2n) is 20.0. The van der Waals surface area contributed by atoms with Crippen LogP contribution in [0.5, 0.6) is 11.5 Å². The first-order chi connectivity index (χ1) is 38.4. The van der Waals surface area contributed by atoms with E-state index >= 15 is 0 Å². The Morgan fingerprint density at radius 3 is 2.02 bits per heavy atom. The number of hydrogen-bond donors (Lipinski definition) is 16. The van der Waals surface area contributed by atoms with E-state index in [0.717, 1.165) is 47.4 Å². The van der Waals surface area contributed by atoms with E-state index in [-0.39, 0.29) is 24.5 Å². The molecule has 1 aliphatic carbocycles. The van der Waals surface area contributed by atoms with Gasteiger partial charge in [0.1, 0.15) is 61.2 Å². The van der Waals surface area contributed by atoms with Gasteiger partial charge >= 0.3 is 6.09 Å². The average Bonchev–Trinajstić information content (AvgIpc) is 4.10. The summed E-state index contributed by atoms with van der Waals surface area (Å²) in [4.78, 5) is 114. The minimum Gasteiger partial charge on any atom is -0.504 e. The topological polar surface area (TPSA) is 468 Å². The molecule has 4 aliphatic rings. The van der Waals surface area contributed by atoms with Crippen LogP contribution in [0.25, 0.3) is 11.1 Å². The molecule has 30 nitrogen and oxygen atoms in total. The number of carbonyl (C=O) groups is 8. The Morgan fingerprint density at radius 1 is 0.778 bits per heavy atom. The van der Waals surface area contributed by atoms with Gasteiger partial charge in [-0.05, 0) is 46.9 Å².